The quantitative estimate of drug-likeness (QED) is 0.403. The lowest BCUT2D eigenvalue weighted by atomic mass is 10.1. The summed E-state index contributed by atoms with van der Waals surface area (Å²) in [4.78, 5) is 3.56. The Morgan fingerprint density at radius 3 is 1.33 bits per heavy atom. The zero-order valence-electron chi connectivity index (χ0n) is 16.7. The molecule has 0 atom stereocenters. The van der Waals surface area contributed by atoms with Crippen LogP contribution in [0.2, 0.25) is 0 Å². The Bertz CT molecular complexity index is 1000. The maximum Gasteiger partial charge on any atom is 0.153 e. The van der Waals surface area contributed by atoms with Crippen molar-refractivity contribution >= 4 is 23.5 Å². The molecule has 150 valence electrons. The molecule has 0 spiro atoms. The molecule has 3 rings (SSSR count). The maximum atomic E-state index is 9.87. The summed E-state index contributed by atoms with van der Waals surface area (Å²) in [5.41, 5.74) is 0.414. The lowest BCUT2D eigenvalue weighted by Gasteiger charge is -2.21. The molecule has 4 nitrogen and oxygen atoms in total. The average molecular weight is 433 g/mol. The van der Waals surface area contributed by atoms with E-state index < -0.39 is 0 Å². The van der Waals surface area contributed by atoms with Crippen LogP contribution in [0.5, 0.6) is 11.5 Å². The second-order valence-corrected chi connectivity index (χ2v) is 8.15. The minimum absolute atomic E-state index is 0.207. The van der Waals surface area contributed by atoms with Crippen molar-refractivity contribution in [2.24, 2.45) is 0 Å². The van der Waals surface area contributed by atoms with E-state index in [0.29, 0.717) is 24.7 Å². The topological polar surface area (TPSA) is 66.0 Å². The predicted octanol–water partition coefficient (Wildman–Crippen LogP) is 6.53. The van der Waals surface area contributed by atoms with Gasteiger partial charge in [0.2, 0.25) is 0 Å². The van der Waals surface area contributed by atoms with Gasteiger partial charge in [-0.2, -0.15) is 10.5 Å². The van der Waals surface area contributed by atoms with Crippen molar-refractivity contribution in [1.82, 2.24) is 0 Å². The first-order chi connectivity index (χ1) is 14.7. The van der Waals surface area contributed by atoms with Gasteiger partial charge in [-0.25, -0.2) is 0 Å². The van der Waals surface area contributed by atoms with Gasteiger partial charge >= 0.3 is 0 Å². The molecule has 0 N–H and O–H groups in total. The standard InChI is InChI=1S/C24H20N2O2S2/c1-3-27-21-19(15-25)20(16-26)22(28-4-2)24(30-18-13-9-6-10-14-18)23(21)29-17-11-7-5-8-12-17/h5-14H,3-4H2,1-2H3. The first kappa shape index (κ1) is 21.6. The van der Waals surface area contributed by atoms with E-state index in [-0.39, 0.29) is 11.1 Å². The summed E-state index contributed by atoms with van der Waals surface area (Å²) in [6.45, 7) is 4.49. The fraction of sp³-hybridized carbons (Fsp3) is 0.167. The van der Waals surface area contributed by atoms with Crippen LogP contribution < -0.4 is 9.47 Å². The van der Waals surface area contributed by atoms with E-state index in [0.717, 1.165) is 19.6 Å². The molecule has 0 fully saturated rings. The van der Waals surface area contributed by atoms with E-state index in [1.165, 1.54) is 23.5 Å². The average Bonchev–Trinajstić information content (AvgIpc) is 2.78. The Morgan fingerprint density at radius 1 is 0.667 bits per heavy atom. The molecular weight excluding hydrogens is 412 g/mol. The summed E-state index contributed by atoms with van der Waals surface area (Å²) in [6, 6.07) is 24.1. The minimum Gasteiger partial charge on any atom is -0.491 e. The lowest BCUT2D eigenvalue weighted by Crippen LogP contribution is -2.05. The number of nitrogens with zero attached hydrogens (tertiary/aromatic N) is 2. The molecule has 0 bridgehead atoms. The van der Waals surface area contributed by atoms with Crippen molar-refractivity contribution in [2.75, 3.05) is 13.2 Å². The monoisotopic (exact) mass is 432 g/mol. The molecule has 0 radical (unpaired) electrons. The first-order valence-corrected chi connectivity index (χ1v) is 11.1. The molecule has 0 heterocycles. The van der Waals surface area contributed by atoms with Gasteiger partial charge in [0.25, 0.3) is 0 Å². The van der Waals surface area contributed by atoms with Crippen LogP contribution in [0.25, 0.3) is 0 Å². The molecule has 0 aliphatic carbocycles. The molecule has 0 unspecified atom stereocenters. The molecule has 0 saturated carbocycles. The van der Waals surface area contributed by atoms with Crippen LogP contribution in [-0.4, -0.2) is 13.2 Å². The number of hydrogen-bond donors (Lipinski definition) is 0. The number of hydrogen-bond acceptors (Lipinski definition) is 6. The van der Waals surface area contributed by atoms with Crippen molar-refractivity contribution in [2.45, 2.75) is 33.4 Å². The van der Waals surface area contributed by atoms with Gasteiger partial charge < -0.3 is 9.47 Å². The largest absolute Gasteiger partial charge is 0.491 e. The Labute approximate surface area is 185 Å². The normalized spacial score (nSPS) is 10.1. The minimum atomic E-state index is 0.207. The Kier molecular flexibility index (Phi) is 7.68. The second-order valence-electron chi connectivity index (χ2n) is 5.99. The fourth-order valence-corrected chi connectivity index (χ4v) is 5.02. The van der Waals surface area contributed by atoms with Crippen LogP contribution in [0.3, 0.4) is 0 Å². The van der Waals surface area contributed by atoms with Crippen molar-refractivity contribution in [1.29, 1.82) is 10.5 Å². The first-order valence-electron chi connectivity index (χ1n) is 9.48. The van der Waals surface area contributed by atoms with E-state index in [1.807, 2.05) is 74.5 Å². The molecule has 3 aromatic carbocycles. The van der Waals surface area contributed by atoms with Crippen molar-refractivity contribution in [3.8, 4) is 23.6 Å². The maximum absolute atomic E-state index is 9.87. The van der Waals surface area contributed by atoms with Gasteiger partial charge in [-0.15, -0.1) is 0 Å². The molecule has 0 aromatic heterocycles. The van der Waals surface area contributed by atoms with Gasteiger partial charge in [0, 0.05) is 9.79 Å². The third kappa shape index (κ3) is 4.74. The highest BCUT2D eigenvalue weighted by molar-refractivity contribution is 8.02. The zero-order valence-corrected chi connectivity index (χ0v) is 18.3. The number of ether oxygens (including phenoxy) is 2. The SMILES string of the molecule is CCOc1c(C#N)c(C#N)c(OCC)c(Sc2ccccc2)c1Sc1ccccc1. The van der Waals surface area contributed by atoms with Crippen LogP contribution in [0.1, 0.15) is 25.0 Å². The van der Waals surface area contributed by atoms with E-state index in [9.17, 15) is 10.5 Å². The summed E-state index contributed by atoms with van der Waals surface area (Å²) in [5.74, 6) is 0.847. The lowest BCUT2D eigenvalue weighted by molar-refractivity contribution is 0.314. The summed E-state index contributed by atoms with van der Waals surface area (Å²) < 4.78 is 11.8. The van der Waals surface area contributed by atoms with Crippen molar-refractivity contribution in [3.05, 3.63) is 71.8 Å². The summed E-state index contributed by atoms with van der Waals surface area (Å²) >= 11 is 3.00. The smallest absolute Gasteiger partial charge is 0.153 e. The van der Waals surface area contributed by atoms with Gasteiger partial charge in [-0.3, -0.25) is 0 Å². The molecule has 0 aliphatic heterocycles. The molecule has 0 saturated heterocycles. The van der Waals surface area contributed by atoms with E-state index >= 15 is 0 Å². The Morgan fingerprint density at radius 2 is 1.03 bits per heavy atom. The molecule has 0 amide bonds. The van der Waals surface area contributed by atoms with E-state index in [1.54, 1.807) is 0 Å². The highest BCUT2D eigenvalue weighted by Crippen LogP contribution is 2.52. The Balaban J connectivity index is 2.32. The Hall–Kier alpha value is -3.06. The van der Waals surface area contributed by atoms with Crippen LogP contribution in [0, 0.1) is 22.7 Å². The van der Waals surface area contributed by atoms with Crippen LogP contribution in [-0.2, 0) is 0 Å². The number of nitriles is 2. The molecule has 30 heavy (non-hydrogen) atoms. The number of rotatable bonds is 8. The zero-order chi connectivity index (χ0) is 21.3. The van der Waals surface area contributed by atoms with Gasteiger partial charge in [0.1, 0.15) is 23.3 Å². The molecule has 3 aromatic rings. The van der Waals surface area contributed by atoms with Gasteiger partial charge in [-0.05, 0) is 38.1 Å². The van der Waals surface area contributed by atoms with Crippen LogP contribution >= 0.6 is 23.5 Å². The summed E-state index contributed by atoms with van der Waals surface area (Å²) in [6.07, 6.45) is 0. The molecule has 0 aliphatic rings. The second kappa shape index (κ2) is 10.6. The van der Waals surface area contributed by atoms with E-state index in [2.05, 4.69) is 12.1 Å². The fourth-order valence-electron chi connectivity index (χ4n) is 2.84. The number of benzene rings is 3. The van der Waals surface area contributed by atoms with Crippen LogP contribution in [0.4, 0.5) is 0 Å². The van der Waals surface area contributed by atoms with Gasteiger partial charge in [0.05, 0.1) is 23.0 Å². The highest BCUT2D eigenvalue weighted by atomic mass is 32.2. The third-order valence-electron chi connectivity index (χ3n) is 4.05. The van der Waals surface area contributed by atoms with Crippen molar-refractivity contribution in [3.63, 3.8) is 0 Å². The molecule has 6 heteroatoms. The van der Waals surface area contributed by atoms with Gasteiger partial charge in [-0.1, -0.05) is 59.9 Å². The van der Waals surface area contributed by atoms with Gasteiger partial charge in [0.15, 0.2) is 11.5 Å². The van der Waals surface area contributed by atoms with E-state index in [4.69, 9.17) is 9.47 Å². The predicted molar refractivity (Wildman–Crippen MR) is 119 cm³/mol. The van der Waals surface area contributed by atoms with Crippen molar-refractivity contribution < 1.29 is 9.47 Å². The summed E-state index contributed by atoms with van der Waals surface area (Å²) in [5, 5.41) is 19.7. The molecular formula is C24H20N2O2S2. The van der Waals surface area contributed by atoms with Crippen LogP contribution in [0.15, 0.2) is 80.2 Å². The third-order valence-corrected chi connectivity index (χ3v) is 6.38. The summed E-state index contributed by atoms with van der Waals surface area (Å²) in [7, 11) is 0. The highest BCUT2D eigenvalue weighted by Gasteiger charge is 2.28.